The fraction of sp³-hybridized carbons (Fsp3) is 0.368. The molecular weight excluding hydrogens is 362 g/mol. The summed E-state index contributed by atoms with van der Waals surface area (Å²) in [5.41, 5.74) is 1.32. The average Bonchev–Trinajstić information content (AvgIpc) is 3.32. The van der Waals surface area contributed by atoms with Crippen molar-refractivity contribution in [2.24, 2.45) is 0 Å². The summed E-state index contributed by atoms with van der Waals surface area (Å²) in [6.07, 6.45) is 0. The summed E-state index contributed by atoms with van der Waals surface area (Å²) < 4.78 is 4.98. The number of aromatic nitrogens is 3. The van der Waals surface area contributed by atoms with Crippen molar-refractivity contribution >= 4 is 29.2 Å². The third-order valence-corrected chi connectivity index (χ3v) is 6.24. The van der Waals surface area contributed by atoms with Gasteiger partial charge in [0.1, 0.15) is 0 Å². The maximum absolute atomic E-state index is 5.70. The molecule has 0 bridgehead atoms. The maximum atomic E-state index is 5.70. The highest BCUT2D eigenvalue weighted by molar-refractivity contribution is 7.71. The minimum atomic E-state index is 0.828. The fourth-order valence-corrected chi connectivity index (χ4v) is 4.55. The molecule has 3 aromatic rings. The lowest BCUT2D eigenvalue weighted by Gasteiger charge is -2.33. The number of hydrogen-bond donors (Lipinski definition) is 1. The van der Waals surface area contributed by atoms with Gasteiger partial charge in [-0.3, -0.25) is 4.57 Å². The van der Waals surface area contributed by atoms with Crippen LogP contribution in [0.25, 0.3) is 10.7 Å². The predicted molar refractivity (Wildman–Crippen MR) is 109 cm³/mol. The number of nitrogens with one attached hydrogen (secondary N) is 1. The number of benzene rings is 1. The van der Waals surface area contributed by atoms with Crippen LogP contribution < -0.4 is 9.80 Å². The van der Waals surface area contributed by atoms with Crippen LogP contribution >= 0.6 is 23.6 Å². The lowest BCUT2D eigenvalue weighted by Crippen LogP contribution is -3.14. The van der Waals surface area contributed by atoms with Crippen molar-refractivity contribution in [3.8, 4) is 10.7 Å². The molecule has 0 amide bonds. The zero-order valence-corrected chi connectivity index (χ0v) is 16.6. The minimum Gasteiger partial charge on any atom is -0.360 e. The molecular formula is C19H24N5S2+. The van der Waals surface area contributed by atoms with Crippen LogP contribution in [-0.2, 0) is 13.2 Å². The minimum absolute atomic E-state index is 0.828. The maximum Gasteiger partial charge on any atom is 0.203 e. The first-order valence-corrected chi connectivity index (χ1v) is 10.4. The predicted octanol–water partition coefficient (Wildman–Crippen LogP) is 2.53. The van der Waals surface area contributed by atoms with Gasteiger partial charge in [-0.15, -0.1) is 16.4 Å². The first-order chi connectivity index (χ1) is 12.8. The summed E-state index contributed by atoms with van der Waals surface area (Å²) >= 11 is 7.41. The van der Waals surface area contributed by atoms with Gasteiger partial charge in [0.05, 0.1) is 31.1 Å². The van der Waals surface area contributed by atoms with Crippen LogP contribution in [0.3, 0.4) is 0 Å². The summed E-state index contributed by atoms with van der Waals surface area (Å²) in [6.45, 7) is 8.16. The Bertz CT molecular complexity index is 890. The standard InChI is InChI=1S/C19H23N5S2/c1-2-23-18(17-9-6-14-26-17)20-24(19(23)25)15-21-10-12-22(13-11-21)16-7-4-3-5-8-16/h3-9,14H,2,10-13,15H2,1H3/p+1. The van der Waals surface area contributed by atoms with E-state index in [4.69, 9.17) is 17.3 Å². The van der Waals surface area contributed by atoms with Gasteiger partial charge in [-0.05, 0) is 42.7 Å². The average molecular weight is 387 g/mol. The van der Waals surface area contributed by atoms with Crippen LogP contribution in [0.2, 0.25) is 0 Å². The van der Waals surface area contributed by atoms with Crippen LogP contribution in [0.15, 0.2) is 47.8 Å². The molecule has 7 heteroatoms. The molecule has 0 atom stereocenters. The Kier molecular flexibility index (Phi) is 5.19. The first-order valence-electron chi connectivity index (χ1n) is 9.11. The molecule has 136 valence electrons. The van der Waals surface area contributed by atoms with E-state index in [1.165, 1.54) is 15.5 Å². The molecule has 1 fully saturated rings. The van der Waals surface area contributed by atoms with Gasteiger partial charge in [0.2, 0.25) is 4.77 Å². The van der Waals surface area contributed by atoms with Crippen molar-refractivity contribution in [3.63, 3.8) is 0 Å². The number of hydrogen-bond acceptors (Lipinski definition) is 4. The van der Waals surface area contributed by atoms with Gasteiger partial charge in [-0.1, -0.05) is 24.3 Å². The molecule has 0 unspecified atom stereocenters. The van der Waals surface area contributed by atoms with Crippen molar-refractivity contribution < 1.29 is 4.90 Å². The van der Waals surface area contributed by atoms with Crippen LogP contribution in [0, 0.1) is 4.77 Å². The second kappa shape index (κ2) is 7.73. The van der Waals surface area contributed by atoms with E-state index in [-0.39, 0.29) is 0 Å². The third kappa shape index (κ3) is 3.47. The summed E-state index contributed by atoms with van der Waals surface area (Å²) in [6, 6.07) is 14.9. The van der Waals surface area contributed by atoms with Gasteiger partial charge in [0.15, 0.2) is 12.5 Å². The lowest BCUT2D eigenvalue weighted by molar-refractivity contribution is -0.924. The molecule has 1 saturated heterocycles. The van der Waals surface area contributed by atoms with Crippen molar-refractivity contribution in [2.45, 2.75) is 20.1 Å². The Morgan fingerprint density at radius 1 is 1.12 bits per heavy atom. The molecule has 1 aliphatic heterocycles. The smallest absolute Gasteiger partial charge is 0.203 e. The van der Waals surface area contributed by atoms with Gasteiger partial charge in [-0.2, -0.15) is 4.68 Å². The molecule has 1 aliphatic rings. The zero-order valence-electron chi connectivity index (χ0n) is 15.0. The van der Waals surface area contributed by atoms with Crippen LogP contribution in [0.5, 0.6) is 0 Å². The number of nitrogens with zero attached hydrogens (tertiary/aromatic N) is 4. The summed E-state index contributed by atoms with van der Waals surface area (Å²) in [5.74, 6) is 0.995. The largest absolute Gasteiger partial charge is 0.360 e. The second-order valence-electron chi connectivity index (χ2n) is 6.56. The van der Waals surface area contributed by atoms with E-state index in [9.17, 15) is 0 Å². The third-order valence-electron chi connectivity index (χ3n) is 4.95. The zero-order chi connectivity index (χ0) is 17.9. The summed E-state index contributed by atoms with van der Waals surface area (Å²) in [7, 11) is 0. The van der Waals surface area contributed by atoms with E-state index in [1.807, 2.05) is 4.68 Å². The number of piperazine rings is 1. The molecule has 1 aromatic carbocycles. The fourth-order valence-electron chi connectivity index (χ4n) is 3.51. The Morgan fingerprint density at radius 3 is 2.54 bits per heavy atom. The van der Waals surface area contributed by atoms with E-state index in [1.54, 1.807) is 11.3 Å². The van der Waals surface area contributed by atoms with E-state index in [0.29, 0.717) is 0 Å². The Balaban J connectivity index is 1.46. The van der Waals surface area contributed by atoms with E-state index >= 15 is 0 Å². The molecule has 4 rings (SSSR count). The quantitative estimate of drug-likeness (QED) is 0.684. The Hall–Kier alpha value is -1.96. The molecule has 0 saturated carbocycles. The highest BCUT2D eigenvalue weighted by atomic mass is 32.1. The molecule has 0 radical (unpaired) electrons. The highest BCUT2D eigenvalue weighted by Gasteiger charge is 2.22. The van der Waals surface area contributed by atoms with Crippen LogP contribution in [0.1, 0.15) is 6.92 Å². The van der Waals surface area contributed by atoms with Crippen molar-refractivity contribution in [1.29, 1.82) is 0 Å². The number of anilines is 1. The SMILES string of the molecule is CCn1c(-c2cccs2)nn(C[NH+]2CCN(c3ccccc3)CC2)c1=S. The van der Waals surface area contributed by atoms with Gasteiger partial charge < -0.3 is 9.80 Å². The van der Waals surface area contributed by atoms with Gasteiger partial charge in [-0.25, -0.2) is 0 Å². The number of thiophene rings is 1. The topological polar surface area (TPSA) is 30.4 Å². The van der Waals surface area contributed by atoms with E-state index in [2.05, 4.69) is 64.2 Å². The second-order valence-corrected chi connectivity index (χ2v) is 7.87. The molecule has 26 heavy (non-hydrogen) atoms. The van der Waals surface area contributed by atoms with Crippen molar-refractivity contribution in [3.05, 3.63) is 52.6 Å². The highest BCUT2D eigenvalue weighted by Crippen LogP contribution is 2.23. The molecule has 2 aromatic heterocycles. The monoisotopic (exact) mass is 386 g/mol. The molecule has 3 heterocycles. The van der Waals surface area contributed by atoms with Crippen LogP contribution in [0.4, 0.5) is 5.69 Å². The molecule has 0 spiro atoms. The number of quaternary nitrogens is 1. The van der Waals surface area contributed by atoms with Crippen LogP contribution in [-0.4, -0.2) is 40.5 Å². The summed E-state index contributed by atoms with van der Waals surface area (Å²) in [5, 5.41) is 6.93. The normalized spacial score (nSPS) is 15.5. The summed E-state index contributed by atoms with van der Waals surface area (Å²) in [4.78, 5) is 5.18. The van der Waals surface area contributed by atoms with Gasteiger partial charge in [0.25, 0.3) is 0 Å². The number of rotatable bonds is 5. The molecule has 0 aliphatic carbocycles. The van der Waals surface area contributed by atoms with Crippen molar-refractivity contribution in [2.75, 3.05) is 31.1 Å². The number of para-hydroxylation sites is 1. The molecule has 1 N–H and O–H groups in total. The van der Waals surface area contributed by atoms with Gasteiger partial charge >= 0.3 is 0 Å². The van der Waals surface area contributed by atoms with Crippen molar-refractivity contribution in [1.82, 2.24) is 14.3 Å². The first kappa shape index (κ1) is 17.5. The lowest BCUT2D eigenvalue weighted by atomic mass is 10.2. The van der Waals surface area contributed by atoms with E-state index in [0.717, 1.165) is 50.0 Å². The molecule has 5 nitrogen and oxygen atoms in total. The van der Waals surface area contributed by atoms with Gasteiger partial charge in [0, 0.05) is 12.2 Å². The Labute approximate surface area is 163 Å². The van der Waals surface area contributed by atoms with E-state index < -0.39 is 0 Å². The Morgan fingerprint density at radius 2 is 1.88 bits per heavy atom.